The van der Waals surface area contributed by atoms with Crippen molar-refractivity contribution in [3.05, 3.63) is 113 Å². The molecule has 0 unspecified atom stereocenters. The van der Waals surface area contributed by atoms with Crippen LogP contribution in [0.25, 0.3) is 16.9 Å². The summed E-state index contributed by atoms with van der Waals surface area (Å²) in [5, 5.41) is 3.10. The Morgan fingerprint density at radius 3 is 2.32 bits per heavy atom. The normalized spacial score (nSPS) is 13.2. The van der Waals surface area contributed by atoms with Crippen LogP contribution in [-0.2, 0) is 19.4 Å². The third-order valence-electron chi connectivity index (χ3n) is 7.31. The fraction of sp³-hybridized carbons (Fsp3) is 0.303. The van der Waals surface area contributed by atoms with Gasteiger partial charge in [-0.3, -0.25) is 4.79 Å². The van der Waals surface area contributed by atoms with Gasteiger partial charge in [-0.15, -0.1) is 0 Å². The molecule has 0 saturated carbocycles. The number of hydrogen-bond donors (Lipinski definition) is 1. The van der Waals surface area contributed by atoms with Gasteiger partial charge < -0.3 is 14.8 Å². The number of carbonyl (C=O) groups is 1. The molecule has 0 saturated heterocycles. The summed E-state index contributed by atoms with van der Waals surface area (Å²) in [6.45, 7) is 2.53. The van der Waals surface area contributed by atoms with E-state index in [1.165, 1.54) is 47.3 Å². The van der Waals surface area contributed by atoms with E-state index in [0.717, 1.165) is 38.0 Å². The molecule has 190 valence electrons. The molecule has 1 N–H and O–H groups in total. The molecule has 1 amide bonds. The number of aromatic nitrogens is 1. The van der Waals surface area contributed by atoms with Gasteiger partial charge in [0.05, 0.1) is 5.69 Å². The van der Waals surface area contributed by atoms with E-state index in [0.29, 0.717) is 12.1 Å². The number of rotatable bonds is 9. The molecular weight excluding hydrogens is 454 g/mol. The number of benzene rings is 3. The Bertz CT molecular complexity index is 1290. The molecule has 1 aromatic heterocycles. The van der Waals surface area contributed by atoms with E-state index < -0.39 is 0 Å². The lowest BCUT2D eigenvalue weighted by molar-refractivity contribution is 0.0952. The fourth-order valence-corrected chi connectivity index (χ4v) is 5.38. The SMILES string of the molecule is CN(CCCNC(=O)c1ccc(-n2c(-c3ccccc3)cc3c2CCCCC3)cc1)Cc1ccccc1. The van der Waals surface area contributed by atoms with Crippen molar-refractivity contribution in [1.82, 2.24) is 14.8 Å². The van der Waals surface area contributed by atoms with Crippen molar-refractivity contribution in [3.8, 4) is 16.9 Å². The van der Waals surface area contributed by atoms with Crippen LogP contribution < -0.4 is 5.32 Å². The van der Waals surface area contributed by atoms with Crippen LogP contribution in [0.2, 0.25) is 0 Å². The van der Waals surface area contributed by atoms with Crippen LogP contribution in [0.15, 0.2) is 91.0 Å². The number of hydrogen-bond acceptors (Lipinski definition) is 2. The van der Waals surface area contributed by atoms with Crippen LogP contribution in [0, 0.1) is 0 Å². The van der Waals surface area contributed by atoms with Crippen molar-refractivity contribution in [2.75, 3.05) is 20.1 Å². The minimum Gasteiger partial charge on any atom is -0.352 e. The zero-order valence-corrected chi connectivity index (χ0v) is 21.8. The van der Waals surface area contributed by atoms with Gasteiger partial charge in [0, 0.05) is 30.0 Å². The fourth-order valence-electron chi connectivity index (χ4n) is 5.38. The Labute approximate surface area is 221 Å². The molecule has 4 nitrogen and oxygen atoms in total. The highest BCUT2D eigenvalue weighted by molar-refractivity contribution is 5.94. The monoisotopic (exact) mass is 491 g/mol. The van der Waals surface area contributed by atoms with Gasteiger partial charge in [-0.2, -0.15) is 0 Å². The van der Waals surface area contributed by atoms with Crippen molar-refractivity contribution >= 4 is 5.91 Å². The number of nitrogens with zero attached hydrogens (tertiary/aromatic N) is 2. The maximum atomic E-state index is 12.8. The maximum absolute atomic E-state index is 12.8. The van der Waals surface area contributed by atoms with Crippen LogP contribution in [0.3, 0.4) is 0 Å². The zero-order valence-electron chi connectivity index (χ0n) is 21.8. The highest BCUT2D eigenvalue weighted by Crippen LogP contribution is 2.33. The first-order valence-electron chi connectivity index (χ1n) is 13.6. The topological polar surface area (TPSA) is 37.3 Å². The summed E-state index contributed by atoms with van der Waals surface area (Å²) in [6, 6.07) is 31.6. The van der Waals surface area contributed by atoms with Crippen LogP contribution >= 0.6 is 0 Å². The van der Waals surface area contributed by atoms with Gasteiger partial charge in [-0.25, -0.2) is 0 Å². The second kappa shape index (κ2) is 12.1. The Kier molecular flexibility index (Phi) is 8.17. The molecule has 4 heteroatoms. The van der Waals surface area contributed by atoms with E-state index in [1.807, 2.05) is 18.2 Å². The molecule has 37 heavy (non-hydrogen) atoms. The molecule has 4 aromatic rings. The first kappa shape index (κ1) is 25.0. The van der Waals surface area contributed by atoms with Gasteiger partial charge in [-0.1, -0.05) is 67.1 Å². The minimum atomic E-state index is -0.00752. The van der Waals surface area contributed by atoms with Crippen molar-refractivity contribution in [1.29, 1.82) is 0 Å². The number of aryl methyl sites for hydroxylation is 1. The first-order chi connectivity index (χ1) is 18.2. The lowest BCUT2D eigenvalue weighted by Crippen LogP contribution is -2.28. The van der Waals surface area contributed by atoms with Gasteiger partial charge in [0.2, 0.25) is 0 Å². The van der Waals surface area contributed by atoms with E-state index >= 15 is 0 Å². The average Bonchev–Trinajstić information content (AvgIpc) is 3.14. The molecule has 5 rings (SSSR count). The maximum Gasteiger partial charge on any atom is 0.251 e. The first-order valence-corrected chi connectivity index (χ1v) is 13.6. The average molecular weight is 492 g/mol. The molecule has 0 radical (unpaired) electrons. The lowest BCUT2D eigenvalue weighted by atomic mass is 10.1. The van der Waals surface area contributed by atoms with Crippen molar-refractivity contribution < 1.29 is 4.79 Å². The summed E-state index contributed by atoms with van der Waals surface area (Å²) < 4.78 is 2.42. The highest BCUT2D eigenvalue weighted by Gasteiger charge is 2.19. The quantitative estimate of drug-likeness (QED) is 0.210. The molecule has 1 heterocycles. The molecular formula is C33H37N3O. The van der Waals surface area contributed by atoms with E-state index in [2.05, 4.69) is 94.6 Å². The van der Waals surface area contributed by atoms with Crippen LogP contribution in [0.5, 0.6) is 0 Å². The van der Waals surface area contributed by atoms with Crippen molar-refractivity contribution in [2.24, 2.45) is 0 Å². The molecule has 0 fully saturated rings. The Balaban J connectivity index is 1.23. The van der Waals surface area contributed by atoms with Gasteiger partial charge in [-0.05, 0) is 92.7 Å². The highest BCUT2D eigenvalue weighted by atomic mass is 16.1. The summed E-state index contributed by atoms with van der Waals surface area (Å²) in [7, 11) is 2.12. The molecule has 3 aromatic carbocycles. The number of carbonyl (C=O) groups excluding carboxylic acids is 1. The summed E-state index contributed by atoms with van der Waals surface area (Å²) >= 11 is 0. The van der Waals surface area contributed by atoms with E-state index in [1.54, 1.807) is 0 Å². The third-order valence-corrected chi connectivity index (χ3v) is 7.31. The summed E-state index contributed by atoms with van der Waals surface area (Å²) in [4.78, 5) is 15.1. The van der Waals surface area contributed by atoms with E-state index in [9.17, 15) is 4.79 Å². The van der Waals surface area contributed by atoms with Gasteiger partial charge in [0.1, 0.15) is 0 Å². The summed E-state index contributed by atoms with van der Waals surface area (Å²) in [5.74, 6) is -0.00752. The van der Waals surface area contributed by atoms with Crippen LogP contribution in [0.4, 0.5) is 0 Å². The number of nitrogens with one attached hydrogen (secondary N) is 1. The molecule has 1 aliphatic rings. The van der Waals surface area contributed by atoms with Gasteiger partial charge in [0.25, 0.3) is 5.91 Å². The third kappa shape index (κ3) is 6.20. The van der Waals surface area contributed by atoms with Crippen molar-refractivity contribution in [3.63, 3.8) is 0 Å². The Morgan fingerprint density at radius 2 is 1.57 bits per heavy atom. The predicted molar refractivity (Wildman–Crippen MR) is 152 cm³/mol. The second-order valence-electron chi connectivity index (χ2n) is 10.1. The minimum absolute atomic E-state index is 0.00752. The van der Waals surface area contributed by atoms with Crippen molar-refractivity contribution in [2.45, 2.75) is 45.1 Å². The van der Waals surface area contributed by atoms with Crippen LogP contribution in [-0.4, -0.2) is 35.5 Å². The van der Waals surface area contributed by atoms with Crippen LogP contribution in [0.1, 0.15) is 52.9 Å². The van der Waals surface area contributed by atoms with Gasteiger partial charge >= 0.3 is 0 Å². The summed E-state index contributed by atoms with van der Waals surface area (Å²) in [5.41, 5.74) is 8.51. The van der Waals surface area contributed by atoms with Gasteiger partial charge in [0.15, 0.2) is 0 Å². The standard InChI is InChI=1S/C33H37N3O/c1-35(25-26-12-5-2-6-13-26)23-11-22-34-33(37)28-18-20-30(21-19-28)36-31-17-10-4-9-16-29(31)24-32(36)27-14-7-3-8-15-27/h2-3,5-8,12-15,18-21,24H,4,9-11,16-17,22-23,25H2,1H3,(H,34,37). The lowest BCUT2D eigenvalue weighted by Gasteiger charge is -2.17. The summed E-state index contributed by atoms with van der Waals surface area (Å²) in [6.07, 6.45) is 6.94. The predicted octanol–water partition coefficient (Wildman–Crippen LogP) is 6.67. The Hall–Kier alpha value is -3.63. The second-order valence-corrected chi connectivity index (χ2v) is 10.1. The smallest absolute Gasteiger partial charge is 0.251 e. The molecule has 0 spiro atoms. The number of amides is 1. The van der Waals surface area contributed by atoms with E-state index in [-0.39, 0.29) is 5.91 Å². The molecule has 0 aliphatic heterocycles. The molecule has 1 aliphatic carbocycles. The Morgan fingerprint density at radius 1 is 0.865 bits per heavy atom. The largest absolute Gasteiger partial charge is 0.352 e. The zero-order chi connectivity index (χ0) is 25.5. The molecule has 0 atom stereocenters. The number of fused-ring (bicyclic) bond motifs is 1. The van der Waals surface area contributed by atoms with E-state index in [4.69, 9.17) is 0 Å². The molecule has 0 bridgehead atoms.